The molecule has 4 aromatic rings. The van der Waals surface area contributed by atoms with Crippen LogP contribution in [0.4, 0.5) is 0 Å². The highest BCUT2D eigenvalue weighted by Crippen LogP contribution is 2.30. The second kappa shape index (κ2) is 7.28. The van der Waals surface area contributed by atoms with Crippen molar-refractivity contribution in [1.82, 2.24) is 13.9 Å². The van der Waals surface area contributed by atoms with Crippen LogP contribution >= 0.6 is 27.3 Å². The van der Waals surface area contributed by atoms with Crippen molar-refractivity contribution in [2.75, 3.05) is 0 Å². The van der Waals surface area contributed by atoms with E-state index in [1.54, 1.807) is 61.1 Å². The lowest BCUT2D eigenvalue weighted by molar-refractivity contribution is -0.112. The number of carbonyl (C=O) groups is 1. The minimum atomic E-state index is -0.577. The van der Waals surface area contributed by atoms with E-state index in [0.29, 0.717) is 33.3 Å². The molecule has 1 aliphatic rings. The SMILES string of the molecule is Cc1c(-n2c(O)c(C3=c4cc(Br)ccc4=NC3=O)sc2=O)c(=O)n(-c2ccccc2)n1C. The van der Waals surface area contributed by atoms with Crippen molar-refractivity contribution in [1.29, 1.82) is 0 Å². The topological polar surface area (TPSA) is 98.6 Å². The van der Waals surface area contributed by atoms with E-state index in [9.17, 15) is 19.5 Å². The predicted molar refractivity (Wildman–Crippen MR) is 123 cm³/mol. The Morgan fingerprint density at radius 2 is 1.78 bits per heavy atom. The molecule has 0 spiro atoms. The maximum absolute atomic E-state index is 13.3. The molecule has 2 aromatic carbocycles. The first-order chi connectivity index (χ1) is 15.3. The van der Waals surface area contributed by atoms with E-state index in [2.05, 4.69) is 20.9 Å². The van der Waals surface area contributed by atoms with Crippen molar-refractivity contribution in [3.05, 3.63) is 94.2 Å². The Kier molecular flexibility index (Phi) is 4.64. The van der Waals surface area contributed by atoms with E-state index in [1.165, 1.54) is 4.68 Å². The van der Waals surface area contributed by atoms with Crippen LogP contribution in [-0.2, 0) is 11.8 Å². The monoisotopic (exact) mass is 510 g/mol. The number of aromatic hydroxyl groups is 1. The van der Waals surface area contributed by atoms with Crippen LogP contribution < -0.4 is 21.0 Å². The minimum absolute atomic E-state index is 0.0267. The fraction of sp³-hybridized carbons (Fsp3) is 0.0909. The molecule has 1 aliphatic heterocycles. The van der Waals surface area contributed by atoms with Gasteiger partial charge in [-0.25, -0.2) is 14.2 Å². The molecule has 0 bridgehead atoms. The maximum atomic E-state index is 13.3. The number of benzene rings is 2. The first-order valence-electron chi connectivity index (χ1n) is 9.52. The van der Waals surface area contributed by atoms with Crippen molar-refractivity contribution in [3.8, 4) is 17.3 Å². The van der Waals surface area contributed by atoms with Crippen LogP contribution in [0.1, 0.15) is 10.6 Å². The summed E-state index contributed by atoms with van der Waals surface area (Å²) in [5.74, 6) is -1.01. The largest absolute Gasteiger partial charge is 0.493 e. The molecule has 0 saturated carbocycles. The molecule has 32 heavy (non-hydrogen) atoms. The summed E-state index contributed by atoms with van der Waals surface area (Å²) in [6.45, 7) is 1.69. The van der Waals surface area contributed by atoms with Crippen LogP contribution in [0.15, 0.2) is 67.6 Å². The fourth-order valence-corrected chi connectivity index (χ4v) is 5.13. The van der Waals surface area contributed by atoms with E-state index in [1.807, 2.05) is 6.07 Å². The van der Waals surface area contributed by atoms with Gasteiger partial charge in [-0.1, -0.05) is 45.5 Å². The first-order valence-corrected chi connectivity index (χ1v) is 11.1. The van der Waals surface area contributed by atoms with Gasteiger partial charge in [-0.2, -0.15) is 0 Å². The normalized spacial score (nSPS) is 12.8. The van der Waals surface area contributed by atoms with Crippen molar-refractivity contribution in [2.45, 2.75) is 6.92 Å². The quantitative estimate of drug-likeness (QED) is 0.451. The number of aromatic nitrogens is 3. The molecule has 3 heterocycles. The molecule has 0 saturated heterocycles. The zero-order valence-corrected chi connectivity index (χ0v) is 19.3. The van der Waals surface area contributed by atoms with E-state index in [-0.39, 0.29) is 16.1 Å². The molecule has 0 unspecified atom stereocenters. The van der Waals surface area contributed by atoms with Crippen molar-refractivity contribution in [3.63, 3.8) is 0 Å². The molecule has 2 aromatic heterocycles. The van der Waals surface area contributed by atoms with E-state index >= 15 is 0 Å². The molecule has 0 radical (unpaired) electrons. The molecule has 0 atom stereocenters. The molecule has 10 heteroatoms. The Labute approximate surface area is 192 Å². The molecular weight excluding hydrogens is 496 g/mol. The Morgan fingerprint density at radius 1 is 1.06 bits per heavy atom. The Bertz CT molecular complexity index is 1680. The Balaban J connectivity index is 1.79. The average Bonchev–Trinajstić information content (AvgIpc) is 3.31. The molecule has 0 aliphatic carbocycles. The van der Waals surface area contributed by atoms with Gasteiger partial charge in [0.25, 0.3) is 11.5 Å². The van der Waals surface area contributed by atoms with Gasteiger partial charge >= 0.3 is 4.87 Å². The van der Waals surface area contributed by atoms with Gasteiger partial charge in [-0.3, -0.25) is 19.1 Å². The number of hydrogen-bond donors (Lipinski definition) is 1. The summed E-state index contributed by atoms with van der Waals surface area (Å²) in [4.78, 5) is 42.4. The zero-order chi connectivity index (χ0) is 22.7. The second-order valence-corrected chi connectivity index (χ2v) is 9.10. The van der Waals surface area contributed by atoms with E-state index in [0.717, 1.165) is 9.04 Å². The van der Waals surface area contributed by atoms with Gasteiger partial charge in [0.2, 0.25) is 5.88 Å². The van der Waals surface area contributed by atoms with Crippen molar-refractivity contribution < 1.29 is 9.90 Å². The number of halogens is 1. The molecule has 8 nitrogen and oxygen atoms in total. The summed E-state index contributed by atoms with van der Waals surface area (Å²) in [7, 11) is 1.70. The third-order valence-electron chi connectivity index (χ3n) is 5.43. The third kappa shape index (κ3) is 2.87. The van der Waals surface area contributed by atoms with Gasteiger partial charge < -0.3 is 5.11 Å². The maximum Gasteiger partial charge on any atom is 0.315 e. The number of nitrogens with zero attached hydrogens (tertiary/aromatic N) is 4. The number of fused-ring (bicyclic) bond motifs is 1. The standard InChI is InChI=1S/C22H15BrN4O4S/c1-11-17(20(29)27(25(11)2)13-6-4-3-5-7-13)26-21(30)18(32-22(26)31)16-14-10-12(23)8-9-15(14)24-19(16)28/h3-10,30H,1-2H3. The van der Waals surface area contributed by atoms with Crippen LogP contribution in [0, 0.1) is 6.92 Å². The highest BCUT2D eigenvalue weighted by Gasteiger charge is 2.29. The molecule has 5 rings (SSSR count). The van der Waals surface area contributed by atoms with Crippen molar-refractivity contribution in [2.24, 2.45) is 12.0 Å². The van der Waals surface area contributed by atoms with E-state index in [4.69, 9.17) is 0 Å². The molecule has 1 amide bonds. The first kappa shape index (κ1) is 20.4. The zero-order valence-electron chi connectivity index (χ0n) is 16.9. The van der Waals surface area contributed by atoms with Gasteiger partial charge in [-0.05, 0) is 37.3 Å². The van der Waals surface area contributed by atoms with Gasteiger partial charge in [-0.15, -0.1) is 0 Å². The van der Waals surface area contributed by atoms with Crippen LogP contribution in [0.3, 0.4) is 0 Å². The number of hydrogen-bond acceptors (Lipinski definition) is 5. The summed E-state index contributed by atoms with van der Waals surface area (Å²) in [5, 5.41) is 12.0. The predicted octanol–water partition coefficient (Wildman–Crippen LogP) is 1.52. The third-order valence-corrected chi connectivity index (χ3v) is 6.87. The molecule has 1 N–H and O–H groups in total. The highest BCUT2D eigenvalue weighted by atomic mass is 79.9. The van der Waals surface area contributed by atoms with Crippen LogP contribution in [0.25, 0.3) is 16.9 Å². The highest BCUT2D eigenvalue weighted by molar-refractivity contribution is 9.10. The fourth-order valence-electron chi connectivity index (χ4n) is 3.84. The Morgan fingerprint density at radius 3 is 2.50 bits per heavy atom. The summed E-state index contributed by atoms with van der Waals surface area (Å²) < 4.78 is 4.73. The van der Waals surface area contributed by atoms with Crippen molar-refractivity contribution >= 4 is 38.7 Å². The minimum Gasteiger partial charge on any atom is -0.493 e. The summed E-state index contributed by atoms with van der Waals surface area (Å²) in [6.07, 6.45) is 0. The number of para-hydroxylation sites is 1. The molecule has 160 valence electrons. The lowest BCUT2D eigenvalue weighted by Gasteiger charge is -2.07. The Hall–Kier alpha value is -3.50. The van der Waals surface area contributed by atoms with Gasteiger partial charge in [0.15, 0.2) is 0 Å². The average molecular weight is 511 g/mol. The molecule has 0 fully saturated rings. The number of carbonyl (C=O) groups excluding carboxylic acids is 1. The number of rotatable bonds is 3. The van der Waals surface area contributed by atoms with Crippen LogP contribution in [0.5, 0.6) is 5.88 Å². The van der Waals surface area contributed by atoms with Crippen LogP contribution in [-0.4, -0.2) is 24.9 Å². The summed E-state index contributed by atoms with van der Waals surface area (Å²) in [6, 6.07) is 14.1. The second-order valence-electron chi connectivity index (χ2n) is 7.22. The van der Waals surface area contributed by atoms with E-state index < -0.39 is 22.2 Å². The van der Waals surface area contributed by atoms with Crippen LogP contribution in [0.2, 0.25) is 0 Å². The smallest absolute Gasteiger partial charge is 0.315 e. The lowest BCUT2D eigenvalue weighted by Crippen LogP contribution is -2.24. The van der Waals surface area contributed by atoms with Gasteiger partial charge in [0.05, 0.1) is 22.3 Å². The molecular formula is C22H15BrN4O4S. The van der Waals surface area contributed by atoms with Gasteiger partial charge in [0, 0.05) is 16.7 Å². The summed E-state index contributed by atoms with van der Waals surface area (Å²) in [5.41, 5.74) is 0.801. The number of amides is 1. The lowest BCUT2D eigenvalue weighted by atomic mass is 10.1. The number of thiazole rings is 1. The summed E-state index contributed by atoms with van der Waals surface area (Å²) >= 11 is 4.07. The van der Waals surface area contributed by atoms with Gasteiger partial charge in [0.1, 0.15) is 10.6 Å².